The fraction of sp³-hybridized carbons (Fsp3) is 0.444. The zero-order chi connectivity index (χ0) is 19.6. The molecule has 1 aliphatic carbocycles. The molecule has 0 spiro atoms. The molecule has 1 atom stereocenters. The van der Waals surface area contributed by atoms with Gasteiger partial charge in [0.15, 0.2) is 11.5 Å². The first-order chi connectivity index (χ1) is 12.8. The Bertz CT molecular complexity index is 753. The largest absolute Gasteiger partial charge is 0.489 e. The van der Waals surface area contributed by atoms with Crippen LogP contribution >= 0.6 is 23.2 Å². The fourth-order valence-electron chi connectivity index (χ4n) is 2.67. The van der Waals surface area contributed by atoms with Crippen molar-refractivity contribution >= 4 is 23.2 Å². The second-order valence-electron chi connectivity index (χ2n) is 6.52. The number of rotatable bonds is 8. The minimum Gasteiger partial charge on any atom is -0.489 e. The van der Waals surface area contributed by atoms with Gasteiger partial charge in [-0.25, -0.2) is 0 Å². The number of hydroxylamine groups is 2. The van der Waals surface area contributed by atoms with E-state index >= 15 is 0 Å². The number of allylic oxidation sites excluding steroid dienone is 1. The third-order valence-corrected chi connectivity index (χ3v) is 4.99. The van der Waals surface area contributed by atoms with Gasteiger partial charge in [-0.3, -0.25) is 10.3 Å². The van der Waals surface area contributed by atoms with Crippen molar-refractivity contribution < 1.29 is 28.6 Å². The van der Waals surface area contributed by atoms with Crippen molar-refractivity contribution in [2.45, 2.75) is 32.0 Å². The highest BCUT2D eigenvalue weighted by Crippen LogP contribution is 2.38. The number of benzene rings is 1. The molecule has 27 heavy (non-hydrogen) atoms. The van der Waals surface area contributed by atoms with Crippen LogP contribution in [0, 0.1) is 5.92 Å². The van der Waals surface area contributed by atoms with E-state index in [-0.39, 0.29) is 29.5 Å². The maximum absolute atomic E-state index is 12.6. The van der Waals surface area contributed by atoms with Gasteiger partial charge in [0.1, 0.15) is 0 Å². The number of nitrogens with zero attached hydrogens (tertiary/aromatic N) is 1. The lowest BCUT2D eigenvalue weighted by molar-refractivity contribution is -0.0515. The zero-order valence-electron chi connectivity index (χ0n) is 14.2. The van der Waals surface area contributed by atoms with Crippen LogP contribution in [0.5, 0.6) is 11.5 Å². The summed E-state index contributed by atoms with van der Waals surface area (Å²) in [5.41, 5.74) is 0.958. The number of alkyl halides is 2. The fourth-order valence-corrected chi connectivity index (χ4v) is 3.32. The Hall–Kier alpha value is -1.54. The van der Waals surface area contributed by atoms with E-state index in [2.05, 4.69) is 4.74 Å². The minimum absolute atomic E-state index is 0.0662. The van der Waals surface area contributed by atoms with Crippen LogP contribution in [-0.2, 0) is 0 Å². The molecular formula is C18H19Cl2F2NO4. The van der Waals surface area contributed by atoms with E-state index in [0.717, 1.165) is 17.9 Å². The van der Waals surface area contributed by atoms with Crippen molar-refractivity contribution in [1.29, 1.82) is 0 Å². The molecule has 9 heteroatoms. The number of aliphatic hydroxyl groups excluding tert-OH is 1. The van der Waals surface area contributed by atoms with Crippen molar-refractivity contribution in [3.63, 3.8) is 0 Å². The van der Waals surface area contributed by atoms with E-state index in [4.69, 9.17) is 27.9 Å². The summed E-state index contributed by atoms with van der Waals surface area (Å²) in [5.74, 6) is 0.505. The molecule has 0 amide bonds. The molecule has 0 radical (unpaired) electrons. The molecule has 1 fully saturated rings. The summed E-state index contributed by atoms with van der Waals surface area (Å²) in [7, 11) is 0. The second kappa shape index (κ2) is 8.65. The summed E-state index contributed by atoms with van der Waals surface area (Å²) >= 11 is 12.2. The molecule has 5 nitrogen and oxygen atoms in total. The summed E-state index contributed by atoms with van der Waals surface area (Å²) in [6.45, 7) is -2.49. The number of ether oxygens (including phenoxy) is 2. The normalized spacial score (nSPS) is 18.6. The van der Waals surface area contributed by atoms with Crippen molar-refractivity contribution in [2.75, 3.05) is 13.2 Å². The molecule has 0 saturated heterocycles. The third-order valence-electron chi connectivity index (χ3n) is 4.32. The predicted octanol–water partition coefficient (Wildman–Crippen LogP) is 4.78. The van der Waals surface area contributed by atoms with Crippen LogP contribution < -0.4 is 9.47 Å². The Labute approximate surface area is 165 Å². The Morgan fingerprint density at radius 3 is 2.59 bits per heavy atom. The van der Waals surface area contributed by atoms with Gasteiger partial charge in [-0.15, -0.1) is 0 Å². The maximum atomic E-state index is 12.6. The average molecular weight is 422 g/mol. The molecule has 1 heterocycles. The van der Waals surface area contributed by atoms with Crippen molar-refractivity contribution in [3.8, 4) is 11.5 Å². The summed E-state index contributed by atoms with van der Waals surface area (Å²) in [5, 5.41) is 21.4. The quantitative estimate of drug-likeness (QED) is 0.632. The topological polar surface area (TPSA) is 62.2 Å². The van der Waals surface area contributed by atoms with E-state index in [9.17, 15) is 19.1 Å². The van der Waals surface area contributed by atoms with E-state index in [1.165, 1.54) is 24.4 Å². The van der Waals surface area contributed by atoms with Gasteiger partial charge in [0.05, 0.1) is 24.3 Å². The van der Waals surface area contributed by atoms with Gasteiger partial charge in [-0.1, -0.05) is 29.3 Å². The standard InChI is InChI=1S/C18H19Cl2F2NO4/c19-13-7-23(25)8-14(20)12(13)6-15(24)11-3-4-16(27-18(21)22)17(5-11)26-9-10-1-2-10/h3-5,7,10,15,18,24-25H,1-2,6,8-9H2. The highest BCUT2D eigenvalue weighted by atomic mass is 35.5. The lowest BCUT2D eigenvalue weighted by Gasteiger charge is -2.23. The van der Waals surface area contributed by atoms with Gasteiger partial charge in [0, 0.05) is 17.7 Å². The SMILES string of the molecule is OC(CC1=C(Cl)CN(O)C=C1Cl)c1ccc(OC(F)F)c(OCC2CC2)c1. The summed E-state index contributed by atoms with van der Waals surface area (Å²) in [6.07, 6.45) is 2.50. The zero-order valence-corrected chi connectivity index (χ0v) is 15.8. The molecule has 0 bridgehead atoms. The van der Waals surface area contributed by atoms with Crippen LogP contribution in [0.25, 0.3) is 0 Å². The van der Waals surface area contributed by atoms with Crippen LogP contribution in [0.3, 0.4) is 0 Å². The Kier molecular flexibility index (Phi) is 6.47. The van der Waals surface area contributed by atoms with Crippen molar-refractivity contribution in [3.05, 3.63) is 45.6 Å². The Morgan fingerprint density at radius 1 is 1.22 bits per heavy atom. The number of hydrogen-bond acceptors (Lipinski definition) is 5. The molecule has 1 aromatic carbocycles. The van der Waals surface area contributed by atoms with E-state index in [0.29, 0.717) is 28.7 Å². The average Bonchev–Trinajstić information content (AvgIpc) is 3.40. The number of aliphatic hydroxyl groups is 1. The maximum Gasteiger partial charge on any atom is 0.387 e. The highest BCUT2D eigenvalue weighted by molar-refractivity contribution is 6.36. The molecule has 0 aromatic heterocycles. The molecule has 1 unspecified atom stereocenters. The molecule has 3 rings (SSSR count). The van der Waals surface area contributed by atoms with Gasteiger partial charge in [0.2, 0.25) is 0 Å². The van der Waals surface area contributed by atoms with Crippen LogP contribution in [-0.4, -0.2) is 35.1 Å². The van der Waals surface area contributed by atoms with E-state index in [1.807, 2.05) is 0 Å². The van der Waals surface area contributed by atoms with Gasteiger partial charge >= 0.3 is 6.61 Å². The van der Waals surface area contributed by atoms with Crippen molar-refractivity contribution in [2.24, 2.45) is 5.92 Å². The number of halogens is 4. The summed E-state index contributed by atoms with van der Waals surface area (Å²) in [6, 6.07) is 4.31. The van der Waals surface area contributed by atoms with Gasteiger partial charge in [0.25, 0.3) is 0 Å². The summed E-state index contributed by atoms with van der Waals surface area (Å²) in [4.78, 5) is 0. The Morgan fingerprint density at radius 2 is 1.96 bits per heavy atom. The molecule has 2 aliphatic rings. The van der Waals surface area contributed by atoms with Crippen molar-refractivity contribution in [1.82, 2.24) is 5.06 Å². The lowest BCUT2D eigenvalue weighted by atomic mass is 9.99. The predicted molar refractivity (Wildman–Crippen MR) is 96.2 cm³/mol. The van der Waals surface area contributed by atoms with Gasteiger partial charge in [-0.05, 0) is 42.0 Å². The number of hydrogen-bond donors (Lipinski definition) is 2. The highest BCUT2D eigenvalue weighted by Gasteiger charge is 2.25. The van der Waals surface area contributed by atoms with Gasteiger partial charge < -0.3 is 14.6 Å². The molecule has 2 N–H and O–H groups in total. The summed E-state index contributed by atoms with van der Waals surface area (Å²) < 4.78 is 35.3. The first-order valence-electron chi connectivity index (χ1n) is 8.44. The van der Waals surface area contributed by atoms with Crippen LogP contribution in [0.15, 0.2) is 40.0 Å². The molecule has 1 aromatic rings. The van der Waals surface area contributed by atoms with E-state index < -0.39 is 12.7 Å². The molecular weight excluding hydrogens is 403 g/mol. The van der Waals surface area contributed by atoms with Crippen LogP contribution in [0.4, 0.5) is 8.78 Å². The first kappa shape index (κ1) is 20.2. The van der Waals surface area contributed by atoms with E-state index in [1.54, 1.807) is 0 Å². The third kappa shape index (κ3) is 5.48. The molecule has 1 aliphatic heterocycles. The smallest absolute Gasteiger partial charge is 0.387 e. The minimum atomic E-state index is -2.97. The Balaban J connectivity index is 1.77. The van der Waals surface area contributed by atoms with Crippen LogP contribution in [0.2, 0.25) is 0 Å². The van der Waals surface area contributed by atoms with Crippen LogP contribution in [0.1, 0.15) is 30.9 Å². The monoisotopic (exact) mass is 421 g/mol. The molecule has 148 valence electrons. The first-order valence-corrected chi connectivity index (χ1v) is 9.19. The van der Waals surface area contributed by atoms with Gasteiger partial charge in [-0.2, -0.15) is 8.78 Å². The second-order valence-corrected chi connectivity index (χ2v) is 7.38. The molecule has 1 saturated carbocycles. The lowest BCUT2D eigenvalue weighted by Crippen LogP contribution is -2.19.